The maximum atomic E-state index is 11.6. The Morgan fingerprint density at radius 3 is 2.66 bits per heavy atom. The van der Waals surface area contributed by atoms with Crippen LogP contribution in [0.15, 0.2) is 48.5 Å². The predicted molar refractivity (Wildman–Crippen MR) is 128 cm³/mol. The van der Waals surface area contributed by atoms with Gasteiger partial charge in [-0.25, -0.2) is 4.98 Å². The molecule has 2 aromatic carbocycles. The Bertz CT molecular complexity index is 997. The average molecular weight is 438 g/mol. The molecule has 0 unspecified atom stereocenters. The molecule has 6 heteroatoms. The zero-order valence-corrected chi connectivity index (χ0v) is 19.5. The van der Waals surface area contributed by atoms with Crippen LogP contribution in [-0.2, 0) is 17.8 Å². The Morgan fingerprint density at radius 1 is 1.03 bits per heavy atom. The number of nitrogens with zero attached hydrogens (tertiary/aromatic N) is 2. The zero-order chi connectivity index (χ0) is 22.8. The first-order chi connectivity index (χ1) is 15.6. The molecule has 32 heavy (non-hydrogen) atoms. The van der Waals surface area contributed by atoms with Gasteiger partial charge >= 0.3 is 0 Å². The highest BCUT2D eigenvalue weighted by Gasteiger charge is 2.10. The molecule has 0 aliphatic heterocycles. The van der Waals surface area contributed by atoms with Gasteiger partial charge in [0.05, 0.1) is 24.8 Å². The van der Waals surface area contributed by atoms with Crippen molar-refractivity contribution in [2.45, 2.75) is 52.5 Å². The van der Waals surface area contributed by atoms with Crippen LogP contribution < -0.4 is 14.8 Å². The SMILES string of the molecule is COc1cccc(OCCCn2c(CCCCCNC(=O)C(C)C)nc3ccccc32)c1. The first-order valence-corrected chi connectivity index (χ1v) is 11.6. The van der Waals surface area contributed by atoms with Gasteiger partial charge in [0.2, 0.25) is 5.91 Å². The standard InChI is InChI=1S/C26H35N3O3/c1-20(2)26(30)27-16-8-4-5-15-25-28-23-13-6-7-14-24(23)29(25)17-10-18-32-22-12-9-11-21(19-22)31-3/h6-7,9,11-14,19-20H,4-5,8,10,15-18H2,1-3H3,(H,27,30). The number of aromatic nitrogens is 2. The summed E-state index contributed by atoms with van der Waals surface area (Å²) < 4.78 is 13.5. The molecule has 0 saturated heterocycles. The predicted octanol–water partition coefficient (Wildman–Crippen LogP) is 5.00. The molecule has 0 aliphatic carbocycles. The molecule has 0 bridgehead atoms. The van der Waals surface area contributed by atoms with Gasteiger partial charge in [-0.05, 0) is 43.5 Å². The number of fused-ring (bicyclic) bond motifs is 1. The van der Waals surface area contributed by atoms with E-state index in [1.165, 1.54) is 5.52 Å². The van der Waals surface area contributed by atoms with E-state index in [1.54, 1.807) is 7.11 Å². The van der Waals surface area contributed by atoms with Crippen molar-refractivity contribution in [1.29, 1.82) is 0 Å². The third-order valence-electron chi connectivity index (χ3n) is 5.47. The van der Waals surface area contributed by atoms with E-state index in [9.17, 15) is 4.79 Å². The lowest BCUT2D eigenvalue weighted by atomic mass is 10.1. The highest BCUT2D eigenvalue weighted by molar-refractivity contribution is 5.77. The van der Waals surface area contributed by atoms with Crippen molar-refractivity contribution < 1.29 is 14.3 Å². The number of amides is 1. The van der Waals surface area contributed by atoms with Crippen LogP contribution in [0.2, 0.25) is 0 Å². The summed E-state index contributed by atoms with van der Waals surface area (Å²) in [5, 5.41) is 2.99. The Morgan fingerprint density at radius 2 is 1.84 bits per heavy atom. The van der Waals surface area contributed by atoms with Crippen LogP contribution in [0, 0.1) is 5.92 Å². The van der Waals surface area contributed by atoms with Crippen molar-refractivity contribution in [3.63, 3.8) is 0 Å². The smallest absolute Gasteiger partial charge is 0.222 e. The molecule has 1 aromatic heterocycles. The third-order valence-corrected chi connectivity index (χ3v) is 5.47. The summed E-state index contributed by atoms with van der Waals surface area (Å²) in [6.45, 7) is 6.08. The second kappa shape index (κ2) is 12.1. The molecule has 1 heterocycles. The zero-order valence-electron chi connectivity index (χ0n) is 19.5. The van der Waals surface area contributed by atoms with E-state index in [1.807, 2.05) is 44.2 Å². The molecule has 172 valence electrons. The first kappa shape index (κ1) is 23.6. The highest BCUT2D eigenvalue weighted by atomic mass is 16.5. The number of hydrogen-bond donors (Lipinski definition) is 1. The molecule has 1 amide bonds. The van der Waals surface area contributed by atoms with Gasteiger partial charge in [0, 0.05) is 31.5 Å². The second-order valence-electron chi connectivity index (χ2n) is 8.31. The monoisotopic (exact) mass is 437 g/mol. The number of carbonyl (C=O) groups excluding carboxylic acids is 1. The van der Waals surface area contributed by atoms with Crippen molar-refractivity contribution in [2.24, 2.45) is 5.92 Å². The molecule has 0 saturated carbocycles. The average Bonchev–Trinajstić information content (AvgIpc) is 3.16. The van der Waals surface area contributed by atoms with E-state index in [4.69, 9.17) is 14.5 Å². The summed E-state index contributed by atoms with van der Waals surface area (Å²) in [6.07, 6.45) is 4.95. The fourth-order valence-corrected chi connectivity index (χ4v) is 3.67. The fraction of sp³-hybridized carbons (Fsp3) is 0.462. The number of unbranched alkanes of at least 4 members (excludes halogenated alkanes) is 2. The number of nitrogens with one attached hydrogen (secondary N) is 1. The van der Waals surface area contributed by atoms with Crippen molar-refractivity contribution in [3.05, 3.63) is 54.4 Å². The minimum atomic E-state index is 0.0443. The number of imidazole rings is 1. The van der Waals surface area contributed by atoms with E-state index in [0.29, 0.717) is 6.61 Å². The van der Waals surface area contributed by atoms with Crippen LogP contribution in [0.1, 0.15) is 45.4 Å². The summed E-state index contributed by atoms with van der Waals surface area (Å²) >= 11 is 0. The lowest BCUT2D eigenvalue weighted by Gasteiger charge is -2.11. The van der Waals surface area contributed by atoms with Crippen LogP contribution in [0.25, 0.3) is 11.0 Å². The molecular formula is C26H35N3O3. The van der Waals surface area contributed by atoms with E-state index in [-0.39, 0.29) is 11.8 Å². The second-order valence-corrected chi connectivity index (χ2v) is 8.31. The number of ether oxygens (including phenoxy) is 2. The van der Waals surface area contributed by atoms with Gasteiger partial charge in [0.25, 0.3) is 0 Å². The first-order valence-electron chi connectivity index (χ1n) is 11.6. The van der Waals surface area contributed by atoms with Gasteiger partial charge in [0.15, 0.2) is 0 Å². The minimum Gasteiger partial charge on any atom is -0.497 e. The molecule has 3 aromatic rings. The molecular weight excluding hydrogens is 402 g/mol. The van der Waals surface area contributed by atoms with Gasteiger partial charge in [-0.2, -0.15) is 0 Å². The van der Waals surface area contributed by atoms with E-state index >= 15 is 0 Å². The molecule has 0 radical (unpaired) electrons. The molecule has 6 nitrogen and oxygen atoms in total. The van der Waals surface area contributed by atoms with Crippen LogP contribution >= 0.6 is 0 Å². The minimum absolute atomic E-state index is 0.0443. The number of para-hydroxylation sites is 2. The Hall–Kier alpha value is -3.02. The number of carbonyl (C=O) groups is 1. The van der Waals surface area contributed by atoms with E-state index in [2.05, 4.69) is 28.1 Å². The number of benzene rings is 2. The number of methoxy groups -OCH3 is 1. The summed E-state index contributed by atoms with van der Waals surface area (Å²) in [6, 6.07) is 16.0. The molecule has 0 spiro atoms. The normalized spacial score (nSPS) is 11.1. The molecule has 3 rings (SSSR count). The Balaban J connectivity index is 1.50. The van der Waals surface area contributed by atoms with Gasteiger partial charge in [-0.1, -0.05) is 38.5 Å². The van der Waals surface area contributed by atoms with Crippen molar-refractivity contribution in [1.82, 2.24) is 14.9 Å². The number of rotatable bonds is 13. The largest absolute Gasteiger partial charge is 0.497 e. The van der Waals surface area contributed by atoms with Crippen molar-refractivity contribution in [3.8, 4) is 11.5 Å². The summed E-state index contributed by atoms with van der Waals surface area (Å²) in [7, 11) is 1.66. The molecule has 1 N–H and O–H groups in total. The van der Waals surface area contributed by atoms with Crippen LogP contribution in [0.4, 0.5) is 0 Å². The van der Waals surface area contributed by atoms with Gasteiger partial charge in [0.1, 0.15) is 17.3 Å². The summed E-state index contributed by atoms with van der Waals surface area (Å²) in [5.74, 6) is 2.92. The topological polar surface area (TPSA) is 65.4 Å². The molecule has 0 fully saturated rings. The maximum absolute atomic E-state index is 11.6. The Kier molecular flexibility index (Phi) is 8.96. The van der Waals surface area contributed by atoms with Gasteiger partial charge in [-0.15, -0.1) is 0 Å². The van der Waals surface area contributed by atoms with Crippen LogP contribution in [0.5, 0.6) is 11.5 Å². The Labute approximate surface area is 190 Å². The molecule has 0 atom stereocenters. The summed E-state index contributed by atoms with van der Waals surface area (Å²) in [5.41, 5.74) is 2.22. The van der Waals surface area contributed by atoms with Crippen LogP contribution in [0.3, 0.4) is 0 Å². The third kappa shape index (κ3) is 6.74. The van der Waals surface area contributed by atoms with Crippen LogP contribution in [-0.4, -0.2) is 35.7 Å². The quantitative estimate of drug-likeness (QED) is 0.382. The van der Waals surface area contributed by atoms with E-state index in [0.717, 1.165) is 68.0 Å². The van der Waals surface area contributed by atoms with Crippen molar-refractivity contribution >= 4 is 16.9 Å². The van der Waals surface area contributed by atoms with Crippen molar-refractivity contribution in [2.75, 3.05) is 20.3 Å². The van der Waals surface area contributed by atoms with Gasteiger partial charge in [-0.3, -0.25) is 4.79 Å². The van der Waals surface area contributed by atoms with E-state index < -0.39 is 0 Å². The fourth-order valence-electron chi connectivity index (χ4n) is 3.67. The maximum Gasteiger partial charge on any atom is 0.222 e. The molecule has 0 aliphatic rings. The highest BCUT2D eigenvalue weighted by Crippen LogP contribution is 2.20. The summed E-state index contributed by atoms with van der Waals surface area (Å²) in [4.78, 5) is 16.5. The lowest BCUT2D eigenvalue weighted by molar-refractivity contribution is -0.123. The number of hydrogen-bond acceptors (Lipinski definition) is 4. The lowest BCUT2D eigenvalue weighted by Crippen LogP contribution is -2.28. The van der Waals surface area contributed by atoms with Gasteiger partial charge < -0.3 is 19.4 Å². The number of aryl methyl sites for hydroxylation is 2.